The summed E-state index contributed by atoms with van der Waals surface area (Å²) in [5.41, 5.74) is 2.49. The van der Waals surface area contributed by atoms with Gasteiger partial charge in [0.05, 0.1) is 0 Å². The van der Waals surface area contributed by atoms with Gasteiger partial charge in [0, 0.05) is 12.6 Å². The summed E-state index contributed by atoms with van der Waals surface area (Å²) in [6.45, 7) is 1.17. The summed E-state index contributed by atoms with van der Waals surface area (Å²) < 4.78 is 0. The lowest BCUT2D eigenvalue weighted by Gasteiger charge is -2.27. The molecule has 1 saturated heterocycles. The molecule has 0 aromatic heterocycles. The monoisotopic (exact) mass is 302 g/mol. The first-order valence-electron chi connectivity index (χ1n) is 7.30. The maximum absolute atomic E-state index is 11.9. The summed E-state index contributed by atoms with van der Waals surface area (Å²) in [6, 6.07) is 7.73. The number of carbonyl (C=O) groups excluding carboxylic acids is 3. The number of imide groups is 1. The summed E-state index contributed by atoms with van der Waals surface area (Å²) in [4.78, 5) is 35.6. The Hall–Kier alpha value is -2.41. The molecular formula is C15H18N4O3. The van der Waals surface area contributed by atoms with Gasteiger partial charge in [-0.05, 0) is 24.1 Å². The average molecular weight is 302 g/mol. The molecule has 3 N–H and O–H groups in total. The van der Waals surface area contributed by atoms with Crippen molar-refractivity contribution in [3.8, 4) is 0 Å². The maximum atomic E-state index is 11.9. The van der Waals surface area contributed by atoms with E-state index in [9.17, 15) is 14.4 Å². The van der Waals surface area contributed by atoms with Gasteiger partial charge in [-0.3, -0.25) is 14.9 Å². The molecule has 0 saturated carbocycles. The highest BCUT2D eigenvalue weighted by Crippen LogP contribution is 2.21. The molecule has 1 aromatic carbocycles. The lowest BCUT2D eigenvalue weighted by Crippen LogP contribution is -2.43. The molecule has 22 heavy (non-hydrogen) atoms. The lowest BCUT2D eigenvalue weighted by molar-refractivity contribution is -0.122. The molecule has 3 rings (SSSR count). The summed E-state index contributed by atoms with van der Waals surface area (Å²) in [7, 11) is 0. The number of nitrogens with zero attached hydrogens (tertiary/aromatic N) is 1. The SMILES string of the molecule is O=C(CN1CC(=O)NC1=O)NCC1NCCc2ccccc21. The van der Waals surface area contributed by atoms with Crippen LogP contribution in [0.5, 0.6) is 0 Å². The molecule has 7 nitrogen and oxygen atoms in total. The third-order valence-corrected chi connectivity index (χ3v) is 3.92. The van der Waals surface area contributed by atoms with Gasteiger partial charge < -0.3 is 15.5 Å². The molecule has 2 aliphatic heterocycles. The zero-order valence-electron chi connectivity index (χ0n) is 12.1. The number of amides is 4. The van der Waals surface area contributed by atoms with Crippen molar-refractivity contribution < 1.29 is 14.4 Å². The van der Waals surface area contributed by atoms with Crippen LogP contribution in [0.3, 0.4) is 0 Å². The molecule has 1 fully saturated rings. The Morgan fingerprint density at radius 2 is 2.14 bits per heavy atom. The van der Waals surface area contributed by atoms with Gasteiger partial charge in [-0.15, -0.1) is 0 Å². The smallest absolute Gasteiger partial charge is 0.325 e. The molecule has 0 radical (unpaired) electrons. The number of benzene rings is 1. The fraction of sp³-hybridized carbons (Fsp3) is 0.400. The Bertz CT molecular complexity index is 617. The highest BCUT2D eigenvalue weighted by Gasteiger charge is 2.28. The summed E-state index contributed by atoms with van der Waals surface area (Å²) in [6.07, 6.45) is 0.983. The molecular weight excluding hydrogens is 284 g/mol. The van der Waals surface area contributed by atoms with E-state index >= 15 is 0 Å². The van der Waals surface area contributed by atoms with Crippen molar-refractivity contribution in [2.45, 2.75) is 12.5 Å². The van der Waals surface area contributed by atoms with E-state index in [1.165, 1.54) is 16.0 Å². The van der Waals surface area contributed by atoms with E-state index in [1.54, 1.807) is 0 Å². The lowest BCUT2D eigenvalue weighted by atomic mass is 9.94. The Labute approximate surface area is 128 Å². The van der Waals surface area contributed by atoms with Crippen molar-refractivity contribution in [2.75, 3.05) is 26.2 Å². The minimum absolute atomic E-state index is 0.0588. The molecule has 1 unspecified atom stereocenters. The fourth-order valence-electron chi connectivity index (χ4n) is 2.83. The maximum Gasteiger partial charge on any atom is 0.325 e. The van der Waals surface area contributed by atoms with E-state index in [0.29, 0.717) is 6.54 Å². The van der Waals surface area contributed by atoms with Crippen LogP contribution in [0.4, 0.5) is 4.79 Å². The predicted octanol–water partition coefficient (Wildman–Crippen LogP) is -0.459. The van der Waals surface area contributed by atoms with Crippen LogP contribution in [0.15, 0.2) is 24.3 Å². The normalized spacial score (nSPS) is 20.5. The van der Waals surface area contributed by atoms with E-state index in [-0.39, 0.29) is 30.9 Å². The van der Waals surface area contributed by atoms with Crippen LogP contribution in [-0.2, 0) is 16.0 Å². The second-order valence-electron chi connectivity index (χ2n) is 5.47. The number of fused-ring (bicyclic) bond motifs is 1. The van der Waals surface area contributed by atoms with Crippen molar-refractivity contribution in [1.29, 1.82) is 0 Å². The van der Waals surface area contributed by atoms with Gasteiger partial charge in [-0.25, -0.2) is 4.79 Å². The molecule has 0 bridgehead atoms. The molecule has 0 aliphatic carbocycles. The van der Waals surface area contributed by atoms with Crippen LogP contribution in [0, 0.1) is 0 Å². The predicted molar refractivity (Wildman–Crippen MR) is 79.0 cm³/mol. The highest BCUT2D eigenvalue weighted by molar-refractivity contribution is 6.03. The summed E-state index contributed by atoms with van der Waals surface area (Å²) >= 11 is 0. The molecule has 1 atom stereocenters. The topological polar surface area (TPSA) is 90.5 Å². The zero-order valence-corrected chi connectivity index (χ0v) is 12.1. The van der Waals surface area contributed by atoms with E-state index in [1.807, 2.05) is 12.1 Å². The van der Waals surface area contributed by atoms with Crippen molar-refractivity contribution in [2.24, 2.45) is 0 Å². The van der Waals surface area contributed by atoms with E-state index in [0.717, 1.165) is 13.0 Å². The number of rotatable bonds is 4. The number of nitrogens with one attached hydrogen (secondary N) is 3. The first-order valence-corrected chi connectivity index (χ1v) is 7.30. The molecule has 0 spiro atoms. The number of hydrogen-bond acceptors (Lipinski definition) is 4. The van der Waals surface area contributed by atoms with Crippen molar-refractivity contribution in [3.63, 3.8) is 0 Å². The Kier molecular flexibility index (Phi) is 4.06. The van der Waals surface area contributed by atoms with Gasteiger partial charge in [0.1, 0.15) is 13.1 Å². The van der Waals surface area contributed by atoms with E-state index < -0.39 is 6.03 Å². The second kappa shape index (κ2) is 6.15. The van der Waals surface area contributed by atoms with Crippen molar-refractivity contribution in [3.05, 3.63) is 35.4 Å². The minimum atomic E-state index is -0.513. The van der Waals surface area contributed by atoms with Crippen LogP contribution >= 0.6 is 0 Å². The fourth-order valence-corrected chi connectivity index (χ4v) is 2.83. The highest BCUT2D eigenvalue weighted by atomic mass is 16.2. The molecule has 7 heteroatoms. The molecule has 2 heterocycles. The van der Waals surface area contributed by atoms with Crippen LogP contribution < -0.4 is 16.0 Å². The first kappa shape index (κ1) is 14.5. The first-order chi connectivity index (χ1) is 10.6. The number of urea groups is 1. The van der Waals surface area contributed by atoms with Gasteiger partial charge in [-0.2, -0.15) is 0 Å². The Morgan fingerprint density at radius 3 is 2.91 bits per heavy atom. The summed E-state index contributed by atoms with van der Waals surface area (Å²) in [5, 5.41) is 8.35. The van der Waals surface area contributed by atoms with Crippen molar-refractivity contribution in [1.82, 2.24) is 20.9 Å². The zero-order chi connectivity index (χ0) is 15.5. The van der Waals surface area contributed by atoms with Gasteiger partial charge >= 0.3 is 6.03 Å². The van der Waals surface area contributed by atoms with Crippen LogP contribution in [-0.4, -0.2) is 48.9 Å². The van der Waals surface area contributed by atoms with Gasteiger partial charge in [0.15, 0.2) is 0 Å². The summed E-state index contributed by atoms with van der Waals surface area (Å²) in [5.74, 6) is -0.643. The van der Waals surface area contributed by atoms with Gasteiger partial charge in [0.25, 0.3) is 0 Å². The van der Waals surface area contributed by atoms with E-state index in [2.05, 4.69) is 28.1 Å². The van der Waals surface area contributed by atoms with Crippen LogP contribution in [0.2, 0.25) is 0 Å². The largest absolute Gasteiger partial charge is 0.353 e. The quantitative estimate of drug-likeness (QED) is 0.657. The van der Waals surface area contributed by atoms with Gasteiger partial charge in [-0.1, -0.05) is 24.3 Å². The van der Waals surface area contributed by atoms with Crippen LogP contribution in [0.1, 0.15) is 17.2 Å². The average Bonchev–Trinajstić information content (AvgIpc) is 2.82. The standard InChI is InChI=1S/C15H18N4O3/c20-13(8-19-9-14(21)18-15(19)22)17-7-12-11-4-2-1-3-10(11)5-6-16-12/h1-4,12,16H,5-9H2,(H,17,20)(H,18,21,22). The number of carbonyl (C=O) groups is 3. The third kappa shape index (κ3) is 3.09. The third-order valence-electron chi connectivity index (χ3n) is 3.92. The van der Waals surface area contributed by atoms with Crippen LogP contribution in [0.25, 0.3) is 0 Å². The van der Waals surface area contributed by atoms with Crippen molar-refractivity contribution >= 4 is 17.8 Å². The second-order valence-corrected chi connectivity index (χ2v) is 5.47. The van der Waals surface area contributed by atoms with E-state index in [4.69, 9.17) is 0 Å². The van der Waals surface area contributed by atoms with Gasteiger partial charge in [0.2, 0.25) is 11.8 Å². The minimum Gasteiger partial charge on any atom is -0.353 e. The Morgan fingerprint density at radius 1 is 1.32 bits per heavy atom. The number of hydrogen-bond donors (Lipinski definition) is 3. The molecule has 2 aliphatic rings. The Balaban J connectivity index is 1.54. The molecule has 4 amide bonds. The molecule has 1 aromatic rings. The molecule has 116 valence electrons.